The molecule has 0 unspecified atom stereocenters. The van der Waals surface area contributed by atoms with Crippen molar-refractivity contribution in [1.29, 1.82) is 0 Å². The molecule has 0 amide bonds. The number of fused-ring (bicyclic) bond motifs is 2. The highest BCUT2D eigenvalue weighted by Gasteiger charge is 2.20. The van der Waals surface area contributed by atoms with Gasteiger partial charge in [0.1, 0.15) is 11.6 Å². The average Bonchev–Trinajstić information content (AvgIpc) is 3.08. The van der Waals surface area contributed by atoms with Crippen LogP contribution < -0.4 is 5.32 Å². The fourth-order valence-corrected chi connectivity index (χ4v) is 4.15. The Labute approximate surface area is 164 Å². The first kappa shape index (κ1) is 16.9. The molecule has 0 bridgehead atoms. The van der Waals surface area contributed by atoms with Crippen LogP contribution in [0, 0.1) is 6.92 Å². The van der Waals surface area contributed by atoms with Gasteiger partial charge < -0.3 is 9.88 Å². The minimum atomic E-state index is 0.292. The quantitative estimate of drug-likeness (QED) is 0.562. The first-order chi connectivity index (χ1) is 13.7. The number of nitrogens with one attached hydrogen (secondary N) is 1. The van der Waals surface area contributed by atoms with Crippen molar-refractivity contribution in [2.45, 2.75) is 32.2 Å². The van der Waals surface area contributed by atoms with Gasteiger partial charge in [0, 0.05) is 31.1 Å². The molecule has 1 N–H and O–H groups in total. The van der Waals surface area contributed by atoms with E-state index in [1.54, 1.807) is 0 Å². The van der Waals surface area contributed by atoms with Crippen LogP contribution in [0.15, 0.2) is 54.9 Å². The predicted molar refractivity (Wildman–Crippen MR) is 112 cm³/mol. The Balaban J connectivity index is 1.50. The number of hydrogen-bond donors (Lipinski definition) is 1. The summed E-state index contributed by atoms with van der Waals surface area (Å²) in [6.45, 7) is 1.94. The van der Waals surface area contributed by atoms with Crippen molar-refractivity contribution >= 4 is 16.9 Å². The molecule has 1 aliphatic carbocycles. The van der Waals surface area contributed by atoms with Gasteiger partial charge in [-0.15, -0.1) is 0 Å². The minimum Gasteiger partial charge on any atom is -0.363 e. The monoisotopic (exact) mass is 369 g/mol. The van der Waals surface area contributed by atoms with E-state index >= 15 is 0 Å². The molecule has 3 heterocycles. The number of rotatable bonds is 3. The highest BCUT2D eigenvalue weighted by atomic mass is 15.1. The summed E-state index contributed by atoms with van der Waals surface area (Å²) in [7, 11) is 2.03. The molecule has 3 aromatic heterocycles. The summed E-state index contributed by atoms with van der Waals surface area (Å²) < 4.78 is 2.08. The lowest BCUT2D eigenvalue weighted by Gasteiger charge is -2.27. The van der Waals surface area contributed by atoms with E-state index in [4.69, 9.17) is 0 Å². The summed E-state index contributed by atoms with van der Waals surface area (Å²) in [6, 6.07) is 15.2. The van der Waals surface area contributed by atoms with Gasteiger partial charge in [-0.3, -0.25) is 4.98 Å². The number of hydrogen-bond acceptors (Lipinski definition) is 4. The summed E-state index contributed by atoms with van der Waals surface area (Å²) in [5, 5.41) is 3.65. The van der Waals surface area contributed by atoms with Gasteiger partial charge in [-0.25, -0.2) is 9.97 Å². The van der Waals surface area contributed by atoms with Crippen LogP contribution in [0.5, 0.6) is 0 Å². The zero-order chi connectivity index (χ0) is 19.1. The molecule has 140 valence electrons. The van der Waals surface area contributed by atoms with Gasteiger partial charge in [-0.1, -0.05) is 24.3 Å². The first-order valence-corrected chi connectivity index (χ1v) is 9.79. The van der Waals surface area contributed by atoms with Crippen molar-refractivity contribution in [3.05, 3.63) is 71.8 Å². The van der Waals surface area contributed by atoms with Crippen LogP contribution >= 0.6 is 0 Å². The molecule has 1 aromatic carbocycles. The molecule has 5 heteroatoms. The number of pyridine rings is 1. The normalized spacial score (nSPS) is 16.1. The second-order valence-electron chi connectivity index (χ2n) is 7.53. The Morgan fingerprint density at radius 3 is 2.93 bits per heavy atom. The van der Waals surface area contributed by atoms with E-state index in [2.05, 4.69) is 55.2 Å². The number of aromatic nitrogens is 4. The van der Waals surface area contributed by atoms with E-state index < -0.39 is 0 Å². The second kappa shape index (κ2) is 6.75. The SMILES string of the molecule is Cc1nc(N[C@@H]2CCCc3ccccc32)cc(-c2cnc3ccn(C)c3c2)n1. The Morgan fingerprint density at radius 1 is 1.11 bits per heavy atom. The van der Waals surface area contributed by atoms with Gasteiger partial charge in [0.2, 0.25) is 0 Å². The van der Waals surface area contributed by atoms with Gasteiger partial charge in [-0.2, -0.15) is 0 Å². The Hall–Kier alpha value is -3.21. The van der Waals surface area contributed by atoms with Crippen molar-refractivity contribution in [2.24, 2.45) is 7.05 Å². The molecular formula is C23H23N5. The van der Waals surface area contributed by atoms with E-state index in [0.29, 0.717) is 6.04 Å². The molecule has 0 saturated heterocycles. The van der Waals surface area contributed by atoms with Gasteiger partial charge in [-0.05, 0) is 49.4 Å². The maximum absolute atomic E-state index is 4.66. The number of anilines is 1. The maximum atomic E-state index is 4.66. The summed E-state index contributed by atoms with van der Waals surface area (Å²) >= 11 is 0. The lowest BCUT2D eigenvalue weighted by Crippen LogP contribution is -2.18. The van der Waals surface area contributed by atoms with E-state index in [1.165, 1.54) is 17.5 Å². The molecule has 4 aromatic rings. The van der Waals surface area contributed by atoms with Crippen LogP contribution in [0.25, 0.3) is 22.3 Å². The Morgan fingerprint density at radius 2 is 2.00 bits per heavy atom. The van der Waals surface area contributed by atoms with Crippen molar-refractivity contribution in [3.63, 3.8) is 0 Å². The molecule has 0 saturated carbocycles. The molecule has 1 aliphatic rings. The fourth-order valence-electron chi connectivity index (χ4n) is 4.15. The molecule has 5 rings (SSSR count). The second-order valence-corrected chi connectivity index (χ2v) is 7.53. The number of aryl methyl sites for hydroxylation is 3. The van der Waals surface area contributed by atoms with Crippen molar-refractivity contribution < 1.29 is 0 Å². The first-order valence-electron chi connectivity index (χ1n) is 9.79. The summed E-state index contributed by atoms with van der Waals surface area (Å²) in [6.07, 6.45) is 7.39. The van der Waals surface area contributed by atoms with E-state index in [-0.39, 0.29) is 0 Å². The van der Waals surface area contributed by atoms with Crippen LogP contribution in [0.4, 0.5) is 5.82 Å². The van der Waals surface area contributed by atoms with Crippen LogP contribution in [0.2, 0.25) is 0 Å². The third kappa shape index (κ3) is 3.03. The van der Waals surface area contributed by atoms with Gasteiger partial charge in [0.05, 0.1) is 22.8 Å². The van der Waals surface area contributed by atoms with Crippen LogP contribution in [0.3, 0.4) is 0 Å². The lowest BCUT2D eigenvalue weighted by atomic mass is 9.88. The fraction of sp³-hybridized carbons (Fsp3) is 0.261. The largest absolute Gasteiger partial charge is 0.363 e. The van der Waals surface area contributed by atoms with Gasteiger partial charge in [0.15, 0.2) is 0 Å². The highest BCUT2D eigenvalue weighted by Crippen LogP contribution is 2.32. The molecule has 0 radical (unpaired) electrons. The predicted octanol–water partition coefficient (Wildman–Crippen LogP) is 4.83. The lowest BCUT2D eigenvalue weighted by molar-refractivity contribution is 0.598. The molecule has 0 aliphatic heterocycles. The molecule has 28 heavy (non-hydrogen) atoms. The molecule has 0 spiro atoms. The van der Waals surface area contributed by atoms with Crippen molar-refractivity contribution in [2.75, 3.05) is 5.32 Å². The smallest absolute Gasteiger partial charge is 0.130 e. The zero-order valence-electron chi connectivity index (χ0n) is 16.2. The number of benzene rings is 1. The topological polar surface area (TPSA) is 55.6 Å². The molecule has 0 fully saturated rings. The third-order valence-electron chi connectivity index (χ3n) is 5.56. The van der Waals surface area contributed by atoms with Gasteiger partial charge in [0.25, 0.3) is 0 Å². The third-order valence-corrected chi connectivity index (χ3v) is 5.56. The highest BCUT2D eigenvalue weighted by molar-refractivity contribution is 5.81. The van der Waals surface area contributed by atoms with Crippen LogP contribution in [-0.4, -0.2) is 19.5 Å². The standard InChI is InChI=1S/C23H23N5/c1-15-25-21(17-12-22-20(24-14-17)10-11-28(22)2)13-23(26-15)27-19-9-5-7-16-6-3-4-8-18(16)19/h3-4,6,8,10-14,19H,5,7,9H2,1-2H3,(H,25,26,27)/t19-/m1/s1. The summed E-state index contributed by atoms with van der Waals surface area (Å²) in [5.41, 5.74) is 6.83. The van der Waals surface area contributed by atoms with E-state index in [0.717, 1.165) is 46.8 Å². The average molecular weight is 369 g/mol. The summed E-state index contributed by atoms with van der Waals surface area (Å²) in [5.74, 6) is 1.63. The molecular weight excluding hydrogens is 346 g/mol. The van der Waals surface area contributed by atoms with Crippen LogP contribution in [0.1, 0.15) is 35.8 Å². The Bertz CT molecular complexity index is 1160. The van der Waals surface area contributed by atoms with E-state index in [9.17, 15) is 0 Å². The van der Waals surface area contributed by atoms with Crippen LogP contribution in [-0.2, 0) is 13.5 Å². The summed E-state index contributed by atoms with van der Waals surface area (Å²) in [4.78, 5) is 13.9. The number of nitrogens with zero attached hydrogens (tertiary/aromatic N) is 4. The zero-order valence-corrected chi connectivity index (χ0v) is 16.2. The van der Waals surface area contributed by atoms with E-state index in [1.807, 2.05) is 38.5 Å². The van der Waals surface area contributed by atoms with Crippen molar-refractivity contribution in [3.8, 4) is 11.3 Å². The Kier molecular flexibility index (Phi) is 4.08. The van der Waals surface area contributed by atoms with Gasteiger partial charge >= 0.3 is 0 Å². The maximum Gasteiger partial charge on any atom is 0.130 e. The molecule has 5 nitrogen and oxygen atoms in total. The minimum absolute atomic E-state index is 0.292. The molecule has 1 atom stereocenters. The van der Waals surface area contributed by atoms with Crippen molar-refractivity contribution in [1.82, 2.24) is 19.5 Å².